The van der Waals surface area contributed by atoms with Gasteiger partial charge in [-0.3, -0.25) is 0 Å². The number of anilines is 2. The van der Waals surface area contributed by atoms with Crippen molar-refractivity contribution in [1.82, 2.24) is 19.9 Å². The lowest BCUT2D eigenvalue weighted by Gasteiger charge is -2.07. The molecule has 5 nitrogen and oxygen atoms in total. The van der Waals surface area contributed by atoms with Gasteiger partial charge in [-0.25, -0.2) is 24.3 Å². The molecule has 0 aliphatic rings. The van der Waals surface area contributed by atoms with Gasteiger partial charge < -0.3 is 5.32 Å². The number of aryl methyl sites for hydroxylation is 1. The smallest absolute Gasteiger partial charge is 0.224 e. The van der Waals surface area contributed by atoms with E-state index in [0.717, 1.165) is 5.56 Å². The highest BCUT2D eigenvalue weighted by atomic mass is 35.5. The summed E-state index contributed by atoms with van der Waals surface area (Å²) in [6.45, 7) is 1.89. The normalized spacial score (nSPS) is 9.88. The number of nitrogens with zero attached hydrogens (tertiary/aromatic N) is 4. The largest absolute Gasteiger partial charge is 0.338 e. The van der Waals surface area contributed by atoms with Crippen LogP contribution >= 0.6 is 34.8 Å². The summed E-state index contributed by atoms with van der Waals surface area (Å²) in [6.07, 6.45) is 3.00. The lowest BCUT2D eigenvalue weighted by atomic mass is 10.2. The molecule has 0 radical (unpaired) electrons. The molecule has 0 amide bonds. The first kappa shape index (κ1) is 18.3. The van der Waals surface area contributed by atoms with Crippen LogP contribution in [0.1, 0.15) is 5.56 Å². The fraction of sp³-hybridized carbons (Fsp3) is 0.0667. The fourth-order valence-electron chi connectivity index (χ4n) is 1.59. The van der Waals surface area contributed by atoms with E-state index in [4.69, 9.17) is 34.8 Å². The van der Waals surface area contributed by atoms with Crippen LogP contribution in [0.2, 0.25) is 15.7 Å². The third-order valence-corrected chi connectivity index (χ3v) is 3.18. The Balaban J connectivity index is 0.000000219. The van der Waals surface area contributed by atoms with E-state index in [2.05, 4.69) is 25.3 Å². The predicted octanol–water partition coefficient (Wildman–Crippen LogP) is 5.10. The van der Waals surface area contributed by atoms with E-state index in [1.54, 1.807) is 24.3 Å². The number of hydrogen-bond donors (Lipinski definition) is 1. The van der Waals surface area contributed by atoms with Gasteiger partial charge in [-0.2, -0.15) is 0 Å². The molecule has 0 aliphatic heterocycles. The Morgan fingerprint density at radius 3 is 2.17 bits per heavy atom. The van der Waals surface area contributed by atoms with Crippen molar-refractivity contribution in [3.05, 3.63) is 69.8 Å². The first-order chi connectivity index (χ1) is 11.4. The van der Waals surface area contributed by atoms with Crippen molar-refractivity contribution < 1.29 is 4.39 Å². The Morgan fingerprint density at radius 2 is 1.58 bits per heavy atom. The number of aromatic nitrogens is 4. The number of rotatable bonds is 2. The second-order valence-electron chi connectivity index (χ2n) is 4.47. The van der Waals surface area contributed by atoms with Gasteiger partial charge in [0.15, 0.2) is 0 Å². The van der Waals surface area contributed by atoms with Crippen LogP contribution in [0.25, 0.3) is 0 Å². The molecule has 0 unspecified atom stereocenters. The maximum absolute atomic E-state index is 13.4. The quantitative estimate of drug-likeness (QED) is 0.490. The summed E-state index contributed by atoms with van der Waals surface area (Å²) >= 11 is 16.4. The van der Waals surface area contributed by atoms with Crippen LogP contribution in [0.15, 0.2) is 42.7 Å². The molecular formula is C15H11Cl3FN5. The molecule has 0 aliphatic carbocycles. The standard InChI is InChI=1S/C11H9ClFN3.C4H2Cl2N2/c1-7-2-3-8(13)9(6-7)15-10-4-5-14-11(12)16-10;5-3-1-2-7-4(6)8-3/h2-6H,1H3,(H,14,15,16);1-2H. The van der Waals surface area contributed by atoms with E-state index < -0.39 is 0 Å². The van der Waals surface area contributed by atoms with Gasteiger partial charge >= 0.3 is 0 Å². The SMILES string of the molecule is Cc1ccc(F)c(Nc2ccnc(Cl)n2)c1.Clc1ccnc(Cl)n1. The average Bonchev–Trinajstić information content (AvgIpc) is 2.51. The Hall–Kier alpha value is -2.02. The molecule has 2 aromatic heterocycles. The van der Waals surface area contributed by atoms with Crippen LogP contribution in [-0.4, -0.2) is 19.9 Å². The highest BCUT2D eigenvalue weighted by Gasteiger charge is 2.03. The number of halogens is 4. The summed E-state index contributed by atoms with van der Waals surface area (Å²) in [5, 5.41) is 3.51. The minimum Gasteiger partial charge on any atom is -0.338 e. The van der Waals surface area contributed by atoms with E-state index in [9.17, 15) is 4.39 Å². The van der Waals surface area contributed by atoms with Gasteiger partial charge in [0.1, 0.15) is 16.8 Å². The second-order valence-corrected chi connectivity index (χ2v) is 5.53. The van der Waals surface area contributed by atoms with E-state index >= 15 is 0 Å². The van der Waals surface area contributed by atoms with Gasteiger partial charge in [0, 0.05) is 12.4 Å². The molecule has 0 bridgehead atoms. The molecule has 124 valence electrons. The molecule has 2 heterocycles. The first-order valence-electron chi connectivity index (χ1n) is 6.60. The maximum Gasteiger partial charge on any atom is 0.224 e. The summed E-state index contributed by atoms with van der Waals surface area (Å²) < 4.78 is 13.4. The Morgan fingerprint density at radius 1 is 0.917 bits per heavy atom. The summed E-state index contributed by atoms with van der Waals surface area (Å²) in [7, 11) is 0. The zero-order valence-corrected chi connectivity index (χ0v) is 14.6. The minimum absolute atomic E-state index is 0.123. The predicted molar refractivity (Wildman–Crippen MR) is 93.5 cm³/mol. The van der Waals surface area contributed by atoms with Crippen LogP contribution < -0.4 is 5.32 Å². The molecule has 3 aromatic rings. The molecule has 9 heteroatoms. The van der Waals surface area contributed by atoms with E-state index in [1.165, 1.54) is 18.5 Å². The number of nitrogens with one attached hydrogen (secondary N) is 1. The molecule has 1 N–H and O–H groups in total. The van der Waals surface area contributed by atoms with Crippen LogP contribution in [0.4, 0.5) is 15.9 Å². The third-order valence-electron chi connectivity index (χ3n) is 2.60. The summed E-state index contributed by atoms with van der Waals surface area (Å²) in [4.78, 5) is 14.9. The Kier molecular flexibility index (Phi) is 6.66. The molecule has 24 heavy (non-hydrogen) atoms. The Labute approximate surface area is 152 Å². The average molecular weight is 387 g/mol. The van der Waals surface area contributed by atoms with Gasteiger partial charge in [-0.05, 0) is 60.0 Å². The van der Waals surface area contributed by atoms with Crippen molar-refractivity contribution >= 4 is 46.3 Å². The lowest BCUT2D eigenvalue weighted by molar-refractivity contribution is 0.631. The van der Waals surface area contributed by atoms with Crippen molar-refractivity contribution in [2.45, 2.75) is 6.92 Å². The zero-order valence-electron chi connectivity index (χ0n) is 12.3. The van der Waals surface area contributed by atoms with Crippen molar-refractivity contribution in [3.8, 4) is 0 Å². The second kappa shape index (κ2) is 8.73. The zero-order chi connectivity index (χ0) is 17.5. The molecule has 0 saturated heterocycles. The van der Waals surface area contributed by atoms with Gasteiger partial charge in [0.25, 0.3) is 0 Å². The maximum atomic E-state index is 13.4. The highest BCUT2D eigenvalue weighted by molar-refractivity contribution is 6.31. The molecule has 0 fully saturated rings. The fourth-order valence-corrected chi connectivity index (χ4v) is 2.07. The van der Waals surface area contributed by atoms with Crippen molar-refractivity contribution in [2.24, 2.45) is 0 Å². The molecule has 0 atom stereocenters. The molecule has 0 saturated carbocycles. The van der Waals surface area contributed by atoms with Gasteiger partial charge in [-0.15, -0.1) is 0 Å². The van der Waals surface area contributed by atoms with E-state index in [0.29, 0.717) is 16.7 Å². The van der Waals surface area contributed by atoms with Gasteiger partial charge in [0.2, 0.25) is 10.6 Å². The van der Waals surface area contributed by atoms with E-state index in [1.807, 2.05) is 6.92 Å². The van der Waals surface area contributed by atoms with E-state index in [-0.39, 0.29) is 16.4 Å². The van der Waals surface area contributed by atoms with Crippen molar-refractivity contribution in [1.29, 1.82) is 0 Å². The monoisotopic (exact) mass is 385 g/mol. The molecule has 1 aromatic carbocycles. The topological polar surface area (TPSA) is 63.6 Å². The van der Waals surface area contributed by atoms with Gasteiger partial charge in [0.05, 0.1) is 5.69 Å². The summed E-state index contributed by atoms with van der Waals surface area (Å²) in [5.74, 6) is 0.129. The Bertz CT molecular complexity index is 814. The van der Waals surface area contributed by atoms with Crippen LogP contribution in [-0.2, 0) is 0 Å². The summed E-state index contributed by atoms with van der Waals surface area (Å²) in [6, 6.07) is 7.99. The van der Waals surface area contributed by atoms with Crippen molar-refractivity contribution in [2.75, 3.05) is 5.32 Å². The molecule has 0 spiro atoms. The highest BCUT2D eigenvalue weighted by Crippen LogP contribution is 2.20. The minimum atomic E-state index is -0.333. The number of hydrogen-bond acceptors (Lipinski definition) is 5. The molecular weight excluding hydrogens is 376 g/mol. The van der Waals surface area contributed by atoms with Gasteiger partial charge in [-0.1, -0.05) is 17.7 Å². The summed E-state index contributed by atoms with van der Waals surface area (Å²) in [5.41, 5.74) is 1.33. The van der Waals surface area contributed by atoms with Crippen LogP contribution in [0.5, 0.6) is 0 Å². The van der Waals surface area contributed by atoms with Crippen molar-refractivity contribution in [3.63, 3.8) is 0 Å². The van der Waals surface area contributed by atoms with Crippen LogP contribution in [0, 0.1) is 12.7 Å². The van der Waals surface area contributed by atoms with Crippen LogP contribution in [0.3, 0.4) is 0 Å². The third kappa shape index (κ3) is 5.88. The lowest BCUT2D eigenvalue weighted by Crippen LogP contribution is -1.97. The molecule has 3 rings (SSSR count). The number of benzene rings is 1. The first-order valence-corrected chi connectivity index (χ1v) is 7.73.